The third-order valence-corrected chi connectivity index (χ3v) is 6.19. The van der Waals surface area contributed by atoms with Gasteiger partial charge >= 0.3 is 5.97 Å². The Labute approximate surface area is 160 Å². The van der Waals surface area contributed by atoms with Gasteiger partial charge in [0.25, 0.3) is 5.91 Å². The predicted octanol–water partition coefficient (Wildman–Crippen LogP) is 2.04. The molecule has 1 aromatic carbocycles. The number of rotatable bonds is 7. The van der Waals surface area contributed by atoms with Crippen LogP contribution >= 0.6 is 0 Å². The van der Waals surface area contributed by atoms with Crippen molar-refractivity contribution < 1.29 is 22.7 Å². The zero-order valence-corrected chi connectivity index (χ0v) is 16.8. The molecule has 27 heavy (non-hydrogen) atoms. The summed E-state index contributed by atoms with van der Waals surface area (Å²) in [5.41, 5.74) is 0.930. The zero-order chi connectivity index (χ0) is 20.0. The Kier molecular flexibility index (Phi) is 7.38. The molecular formula is C19H28N2O5S. The summed E-state index contributed by atoms with van der Waals surface area (Å²) in [6.45, 7) is 4.72. The van der Waals surface area contributed by atoms with Gasteiger partial charge < -0.3 is 10.1 Å². The van der Waals surface area contributed by atoms with Crippen molar-refractivity contribution in [2.45, 2.75) is 76.0 Å². The van der Waals surface area contributed by atoms with Gasteiger partial charge in [0.05, 0.1) is 4.90 Å². The number of carbonyl (C=O) groups excluding carboxylic acids is 2. The first-order valence-corrected chi connectivity index (χ1v) is 10.8. The number of nitrogens with one attached hydrogen (secondary N) is 2. The molecule has 1 aliphatic rings. The second-order valence-corrected chi connectivity index (χ2v) is 8.79. The van der Waals surface area contributed by atoms with Crippen molar-refractivity contribution in [3.05, 3.63) is 29.8 Å². The molecule has 1 fully saturated rings. The number of sulfonamides is 1. The van der Waals surface area contributed by atoms with Crippen LogP contribution < -0.4 is 10.0 Å². The van der Waals surface area contributed by atoms with Gasteiger partial charge in [0.15, 0.2) is 6.10 Å². The van der Waals surface area contributed by atoms with E-state index in [4.69, 9.17) is 4.74 Å². The summed E-state index contributed by atoms with van der Waals surface area (Å²) in [4.78, 5) is 24.4. The minimum atomic E-state index is -3.85. The van der Waals surface area contributed by atoms with Crippen LogP contribution in [0.4, 0.5) is 0 Å². The van der Waals surface area contributed by atoms with E-state index in [1.807, 2.05) is 6.92 Å². The summed E-state index contributed by atoms with van der Waals surface area (Å²) in [5.74, 6) is -1.15. The van der Waals surface area contributed by atoms with Crippen molar-refractivity contribution in [2.24, 2.45) is 0 Å². The van der Waals surface area contributed by atoms with Crippen molar-refractivity contribution in [3.8, 4) is 0 Å². The molecule has 1 saturated carbocycles. The van der Waals surface area contributed by atoms with Gasteiger partial charge in [-0.15, -0.1) is 0 Å². The molecule has 0 bridgehead atoms. The SMILES string of the molecule is Cc1ccc(S(=O)(=O)N[C@@H](C)C(=O)O[C@@H](C)C(=O)NC2CCCCC2)cc1. The molecule has 7 nitrogen and oxygen atoms in total. The number of amides is 1. The Morgan fingerprint density at radius 2 is 1.67 bits per heavy atom. The lowest BCUT2D eigenvalue weighted by Gasteiger charge is -2.24. The molecule has 2 rings (SSSR count). The molecule has 1 aliphatic carbocycles. The highest BCUT2D eigenvalue weighted by Crippen LogP contribution is 2.17. The van der Waals surface area contributed by atoms with Crippen LogP contribution in [0.25, 0.3) is 0 Å². The van der Waals surface area contributed by atoms with Crippen molar-refractivity contribution in [1.82, 2.24) is 10.0 Å². The van der Waals surface area contributed by atoms with Gasteiger partial charge in [-0.3, -0.25) is 9.59 Å². The normalized spacial score (nSPS) is 17.7. The van der Waals surface area contributed by atoms with Crippen molar-refractivity contribution in [1.29, 1.82) is 0 Å². The molecule has 150 valence electrons. The van der Waals surface area contributed by atoms with Crippen LogP contribution in [0.5, 0.6) is 0 Å². The molecule has 8 heteroatoms. The number of benzene rings is 1. The Hall–Kier alpha value is -1.93. The molecule has 0 aromatic heterocycles. The first-order chi connectivity index (χ1) is 12.7. The lowest BCUT2D eigenvalue weighted by Crippen LogP contribution is -2.46. The highest BCUT2D eigenvalue weighted by molar-refractivity contribution is 7.89. The monoisotopic (exact) mass is 396 g/mol. The molecule has 0 aliphatic heterocycles. The number of ether oxygens (including phenoxy) is 1. The summed E-state index contributed by atoms with van der Waals surface area (Å²) < 4.78 is 32.1. The molecule has 0 radical (unpaired) electrons. The minimum absolute atomic E-state index is 0.0656. The van der Waals surface area contributed by atoms with Crippen LogP contribution in [-0.4, -0.2) is 38.5 Å². The summed E-state index contributed by atoms with van der Waals surface area (Å²) >= 11 is 0. The number of esters is 1. The van der Waals surface area contributed by atoms with E-state index >= 15 is 0 Å². The van der Waals surface area contributed by atoms with Gasteiger partial charge in [-0.1, -0.05) is 37.0 Å². The van der Waals surface area contributed by atoms with Crippen LogP contribution in [0.15, 0.2) is 29.2 Å². The third kappa shape index (κ3) is 6.32. The van der Waals surface area contributed by atoms with Crippen molar-refractivity contribution in [2.75, 3.05) is 0 Å². The number of carbonyl (C=O) groups is 2. The Balaban J connectivity index is 1.88. The van der Waals surface area contributed by atoms with E-state index in [2.05, 4.69) is 10.0 Å². The molecule has 2 N–H and O–H groups in total. The molecule has 0 unspecified atom stereocenters. The summed E-state index contributed by atoms with van der Waals surface area (Å²) in [7, 11) is -3.85. The Bertz CT molecular complexity index is 755. The van der Waals surface area contributed by atoms with E-state index in [9.17, 15) is 18.0 Å². The lowest BCUT2D eigenvalue weighted by molar-refractivity contribution is -0.156. The van der Waals surface area contributed by atoms with Crippen LogP contribution in [0.1, 0.15) is 51.5 Å². The topological polar surface area (TPSA) is 102 Å². The first-order valence-electron chi connectivity index (χ1n) is 9.29. The largest absolute Gasteiger partial charge is 0.451 e. The predicted molar refractivity (Wildman–Crippen MR) is 102 cm³/mol. The fourth-order valence-electron chi connectivity index (χ4n) is 2.96. The maximum atomic E-state index is 12.3. The van der Waals surface area contributed by atoms with E-state index in [0.717, 1.165) is 31.2 Å². The first kappa shape index (κ1) is 21.4. The van der Waals surface area contributed by atoms with Crippen LogP contribution in [-0.2, 0) is 24.3 Å². The maximum Gasteiger partial charge on any atom is 0.324 e. The van der Waals surface area contributed by atoms with E-state index in [0.29, 0.717) is 0 Å². The van der Waals surface area contributed by atoms with Gasteiger partial charge in [-0.05, 0) is 45.7 Å². The molecule has 2 atom stereocenters. The van der Waals surface area contributed by atoms with E-state index < -0.39 is 28.1 Å². The second kappa shape index (κ2) is 9.32. The quantitative estimate of drug-likeness (QED) is 0.687. The maximum absolute atomic E-state index is 12.3. The zero-order valence-electron chi connectivity index (χ0n) is 16.0. The van der Waals surface area contributed by atoms with E-state index in [-0.39, 0.29) is 16.8 Å². The summed E-state index contributed by atoms with van der Waals surface area (Å²) in [6, 6.07) is 5.29. The molecule has 0 heterocycles. The standard InChI is InChI=1S/C19H28N2O5S/c1-13-9-11-17(12-10-13)27(24,25)21-14(2)19(23)26-15(3)18(22)20-16-7-5-4-6-8-16/h9-12,14-16,21H,4-8H2,1-3H3,(H,20,22)/t14-,15-/m0/s1. The average Bonchev–Trinajstić information content (AvgIpc) is 2.62. The van der Waals surface area contributed by atoms with Gasteiger partial charge in [0, 0.05) is 6.04 Å². The highest BCUT2D eigenvalue weighted by Gasteiger charge is 2.27. The van der Waals surface area contributed by atoms with Crippen LogP contribution in [0.2, 0.25) is 0 Å². The fraction of sp³-hybridized carbons (Fsp3) is 0.579. The smallest absolute Gasteiger partial charge is 0.324 e. The third-order valence-electron chi connectivity index (χ3n) is 4.63. The summed E-state index contributed by atoms with van der Waals surface area (Å²) in [6.07, 6.45) is 4.22. The minimum Gasteiger partial charge on any atom is -0.451 e. The molecule has 0 saturated heterocycles. The van der Waals surface area contributed by atoms with Crippen LogP contribution in [0, 0.1) is 6.92 Å². The van der Waals surface area contributed by atoms with Crippen molar-refractivity contribution in [3.63, 3.8) is 0 Å². The average molecular weight is 397 g/mol. The highest BCUT2D eigenvalue weighted by atomic mass is 32.2. The Morgan fingerprint density at radius 1 is 1.07 bits per heavy atom. The van der Waals surface area contributed by atoms with Crippen LogP contribution in [0.3, 0.4) is 0 Å². The molecule has 0 spiro atoms. The lowest BCUT2D eigenvalue weighted by atomic mass is 9.95. The van der Waals surface area contributed by atoms with Gasteiger partial charge in [0.2, 0.25) is 10.0 Å². The fourth-order valence-corrected chi connectivity index (χ4v) is 4.15. The van der Waals surface area contributed by atoms with Gasteiger partial charge in [0.1, 0.15) is 6.04 Å². The number of hydrogen-bond donors (Lipinski definition) is 2. The Morgan fingerprint density at radius 3 is 2.26 bits per heavy atom. The molecule has 1 amide bonds. The van der Waals surface area contributed by atoms with E-state index in [1.54, 1.807) is 12.1 Å². The van der Waals surface area contributed by atoms with E-state index in [1.165, 1.54) is 32.4 Å². The van der Waals surface area contributed by atoms with Crippen molar-refractivity contribution >= 4 is 21.9 Å². The second-order valence-electron chi connectivity index (χ2n) is 7.08. The van der Waals surface area contributed by atoms with Gasteiger partial charge in [-0.2, -0.15) is 4.72 Å². The molecule has 1 aromatic rings. The molecular weight excluding hydrogens is 368 g/mol. The number of hydrogen-bond acceptors (Lipinski definition) is 5. The number of aryl methyl sites for hydroxylation is 1. The van der Waals surface area contributed by atoms with Gasteiger partial charge in [-0.25, -0.2) is 8.42 Å². The summed E-state index contributed by atoms with van der Waals surface area (Å²) in [5, 5.41) is 2.89.